The number of hydrogen-bond acceptors (Lipinski definition) is 2. The second kappa shape index (κ2) is 6.69. The molecule has 90 valence electrons. The van der Waals surface area contributed by atoms with E-state index in [0.29, 0.717) is 6.61 Å². The number of allylic oxidation sites excluding steroid dienone is 1. The van der Waals surface area contributed by atoms with Gasteiger partial charge in [0.1, 0.15) is 0 Å². The van der Waals surface area contributed by atoms with Crippen LogP contribution in [-0.4, -0.2) is 12.6 Å². The summed E-state index contributed by atoms with van der Waals surface area (Å²) in [6, 6.07) is 8.29. The van der Waals surface area contributed by atoms with Crippen molar-refractivity contribution in [1.82, 2.24) is 0 Å². The number of carbonyl (C=O) groups excluding carboxylic acids is 1. The van der Waals surface area contributed by atoms with Crippen molar-refractivity contribution in [2.24, 2.45) is 0 Å². The third-order valence-electron chi connectivity index (χ3n) is 2.47. The van der Waals surface area contributed by atoms with E-state index in [1.54, 1.807) is 0 Å². The van der Waals surface area contributed by atoms with E-state index in [0.717, 1.165) is 24.0 Å². The number of hydrogen-bond donors (Lipinski definition) is 0. The summed E-state index contributed by atoms with van der Waals surface area (Å²) < 4.78 is 4.90. The maximum absolute atomic E-state index is 10.8. The molecule has 0 amide bonds. The van der Waals surface area contributed by atoms with Gasteiger partial charge < -0.3 is 4.74 Å². The third kappa shape index (κ3) is 4.68. The first-order valence-corrected chi connectivity index (χ1v) is 5.67. The molecule has 0 atom stereocenters. The predicted octanol–water partition coefficient (Wildman–Crippen LogP) is 3.38. The molecule has 0 fully saturated rings. The number of ether oxygens (including phenoxy) is 1. The minimum atomic E-state index is -0.359. The molecule has 0 spiro atoms. The number of rotatable bonds is 6. The highest BCUT2D eigenvalue weighted by atomic mass is 16.5. The summed E-state index contributed by atoms with van der Waals surface area (Å²) in [6.45, 7) is 9.66. The first kappa shape index (κ1) is 13.2. The lowest BCUT2D eigenvalue weighted by atomic mass is 10.0. The van der Waals surface area contributed by atoms with Crippen molar-refractivity contribution in [1.29, 1.82) is 0 Å². The van der Waals surface area contributed by atoms with Crippen LogP contribution in [0.2, 0.25) is 0 Å². The summed E-state index contributed by atoms with van der Waals surface area (Å²) in [5.74, 6) is -0.359. The van der Waals surface area contributed by atoms with Gasteiger partial charge >= 0.3 is 5.97 Å². The van der Waals surface area contributed by atoms with Crippen LogP contribution in [0.5, 0.6) is 0 Å². The predicted molar refractivity (Wildman–Crippen MR) is 70.6 cm³/mol. The normalized spacial score (nSPS) is 9.71. The molecule has 0 unspecified atom stereocenters. The number of esters is 1. The first-order valence-electron chi connectivity index (χ1n) is 5.67. The van der Waals surface area contributed by atoms with Gasteiger partial charge in [-0.1, -0.05) is 43.0 Å². The monoisotopic (exact) mass is 230 g/mol. The Labute approximate surface area is 103 Å². The van der Waals surface area contributed by atoms with Gasteiger partial charge in [-0.2, -0.15) is 0 Å². The van der Waals surface area contributed by atoms with Gasteiger partial charge in [0.05, 0.1) is 6.61 Å². The molecule has 0 aliphatic carbocycles. The Balaban J connectivity index is 2.35. The van der Waals surface area contributed by atoms with E-state index in [1.165, 1.54) is 11.6 Å². The van der Waals surface area contributed by atoms with E-state index in [2.05, 4.69) is 37.4 Å². The molecule has 0 bridgehead atoms. The molecule has 1 rings (SSSR count). The van der Waals surface area contributed by atoms with Gasteiger partial charge in [-0.3, -0.25) is 0 Å². The Morgan fingerprint density at radius 1 is 1.35 bits per heavy atom. The number of carbonyl (C=O) groups is 1. The molecule has 0 aromatic heterocycles. The highest BCUT2D eigenvalue weighted by molar-refractivity contribution is 5.81. The van der Waals surface area contributed by atoms with Crippen LogP contribution < -0.4 is 0 Å². The third-order valence-corrected chi connectivity index (χ3v) is 2.47. The smallest absolute Gasteiger partial charge is 0.330 e. The van der Waals surface area contributed by atoms with Crippen LogP contribution in [-0.2, 0) is 16.0 Å². The zero-order valence-corrected chi connectivity index (χ0v) is 10.2. The molecule has 0 N–H and O–H groups in total. The van der Waals surface area contributed by atoms with Crippen LogP contribution in [0.4, 0.5) is 0 Å². The zero-order chi connectivity index (χ0) is 12.7. The lowest BCUT2D eigenvalue weighted by molar-refractivity contribution is -0.137. The molecule has 0 saturated carbocycles. The maximum Gasteiger partial charge on any atom is 0.330 e. The molecule has 2 nitrogen and oxygen atoms in total. The minimum Gasteiger partial charge on any atom is -0.463 e. The molecule has 2 heteroatoms. The molecule has 0 aliphatic heterocycles. The Hall–Kier alpha value is -1.83. The summed E-state index contributed by atoms with van der Waals surface area (Å²) in [4.78, 5) is 10.8. The van der Waals surface area contributed by atoms with Crippen LogP contribution in [0, 0.1) is 0 Å². The van der Waals surface area contributed by atoms with Gasteiger partial charge in [-0.05, 0) is 30.9 Å². The van der Waals surface area contributed by atoms with Crippen LogP contribution in [0.3, 0.4) is 0 Å². The fourth-order valence-electron chi connectivity index (χ4n) is 1.46. The van der Waals surface area contributed by atoms with Crippen molar-refractivity contribution in [2.45, 2.75) is 19.8 Å². The second-order valence-corrected chi connectivity index (χ2v) is 3.95. The Bertz CT molecular complexity index is 401. The largest absolute Gasteiger partial charge is 0.463 e. The summed E-state index contributed by atoms with van der Waals surface area (Å²) in [6.07, 6.45) is 2.91. The molecule has 0 radical (unpaired) electrons. The standard InChI is InChI=1S/C15H18O2/c1-4-15(16)17-11-5-6-13-7-9-14(10-8-13)12(2)3/h4,7-10H,1-2,5-6,11H2,3H3. The number of aryl methyl sites for hydroxylation is 1. The van der Waals surface area contributed by atoms with E-state index < -0.39 is 0 Å². The molecule has 1 aromatic rings. The van der Waals surface area contributed by atoms with Gasteiger partial charge in [0, 0.05) is 6.08 Å². The molecule has 0 heterocycles. The Morgan fingerprint density at radius 2 is 2.00 bits per heavy atom. The fraction of sp³-hybridized carbons (Fsp3) is 0.267. The summed E-state index contributed by atoms with van der Waals surface area (Å²) in [5, 5.41) is 0. The van der Waals surface area contributed by atoms with Gasteiger partial charge in [0.25, 0.3) is 0 Å². The van der Waals surface area contributed by atoms with Crippen LogP contribution in [0.1, 0.15) is 24.5 Å². The van der Waals surface area contributed by atoms with Crippen molar-refractivity contribution in [2.75, 3.05) is 6.61 Å². The highest BCUT2D eigenvalue weighted by Gasteiger charge is 1.98. The van der Waals surface area contributed by atoms with Crippen molar-refractivity contribution in [3.8, 4) is 0 Å². The van der Waals surface area contributed by atoms with E-state index in [4.69, 9.17) is 4.74 Å². The second-order valence-electron chi connectivity index (χ2n) is 3.95. The molecule has 0 saturated heterocycles. The quantitative estimate of drug-likeness (QED) is 0.425. The van der Waals surface area contributed by atoms with E-state index >= 15 is 0 Å². The van der Waals surface area contributed by atoms with Crippen LogP contribution in [0.25, 0.3) is 5.57 Å². The van der Waals surface area contributed by atoms with Crippen LogP contribution in [0.15, 0.2) is 43.5 Å². The van der Waals surface area contributed by atoms with Crippen molar-refractivity contribution in [3.05, 3.63) is 54.6 Å². The molecular weight excluding hydrogens is 212 g/mol. The molecule has 0 aliphatic rings. The van der Waals surface area contributed by atoms with Gasteiger partial charge in [0.15, 0.2) is 0 Å². The topological polar surface area (TPSA) is 26.3 Å². The lowest BCUT2D eigenvalue weighted by Gasteiger charge is -2.04. The van der Waals surface area contributed by atoms with Gasteiger partial charge in [-0.15, -0.1) is 0 Å². The van der Waals surface area contributed by atoms with Crippen molar-refractivity contribution < 1.29 is 9.53 Å². The van der Waals surface area contributed by atoms with E-state index in [1.807, 2.05) is 6.92 Å². The Morgan fingerprint density at radius 3 is 2.53 bits per heavy atom. The zero-order valence-electron chi connectivity index (χ0n) is 10.2. The summed E-state index contributed by atoms with van der Waals surface area (Å²) >= 11 is 0. The first-order chi connectivity index (χ1) is 8.13. The molecular formula is C15H18O2. The number of benzene rings is 1. The van der Waals surface area contributed by atoms with Gasteiger partial charge in [0.2, 0.25) is 0 Å². The summed E-state index contributed by atoms with van der Waals surface area (Å²) in [7, 11) is 0. The summed E-state index contributed by atoms with van der Waals surface area (Å²) in [5.41, 5.74) is 3.47. The van der Waals surface area contributed by atoms with Gasteiger partial charge in [-0.25, -0.2) is 4.79 Å². The average molecular weight is 230 g/mol. The maximum atomic E-state index is 10.8. The van der Waals surface area contributed by atoms with E-state index in [-0.39, 0.29) is 5.97 Å². The highest BCUT2D eigenvalue weighted by Crippen LogP contribution is 2.13. The van der Waals surface area contributed by atoms with Crippen molar-refractivity contribution >= 4 is 11.5 Å². The average Bonchev–Trinajstić information content (AvgIpc) is 2.34. The lowest BCUT2D eigenvalue weighted by Crippen LogP contribution is -2.02. The minimum absolute atomic E-state index is 0.359. The molecule has 1 aromatic carbocycles. The SMILES string of the molecule is C=CC(=O)OCCCc1ccc(C(=C)C)cc1. The fourth-order valence-corrected chi connectivity index (χ4v) is 1.46. The van der Waals surface area contributed by atoms with E-state index in [9.17, 15) is 4.79 Å². The van der Waals surface area contributed by atoms with Crippen LogP contribution >= 0.6 is 0 Å². The molecule has 17 heavy (non-hydrogen) atoms. The van der Waals surface area contributed by atoms with Crippen molar-refractivity contribution in [3.63, 3.8) is 0 Å². The Kier molecular flexibility index (Phi) is 5.21.